The number of esters is 1. The lowest BCUT2D eigenvalue weighted by Gasteiger charge is -2.28. The summed E-state index contributed by atoms with van der Waals surface area (Å²) in [5.74, 6) is 0.119. The number of fused-ring (bicyclic) bond motifs is 1. The number of hydrogen-bond donors (Lipinski definition) is 4. The van der Waals surface area contributed by atoms with Gasteiger partial charge in [0.05, 0.1) is 18.7 Å². The molecule has 2 aromatic heterocycles. The Kier molecular flexibility index (Phi) is 9.10. The predicted octanol–water partition coefficient (Wildman–Crippen LogP) is 3.61. The van der Waals surface area contributed by atoms with Crippen LogP contribution in [0.4, 0.5) is 5.82 Å². The Morgan fingerprint density at radius 3 is 2.57 bits per heavy atom. The summed E-state index contributed by atoms with van der Waals surface area (Å²) >= 11 is 0. The van der Waals surface area contributed by atoms with Crippen molar-refractivity contribution < 1.29 is 38.1 Å². The predicted molar refractivity (Wildman–Crippen MR) is 162 cm³/mol. The Morgan fingerprint density at radius 2 is 1.93 bits per heavy atom. The van der Waals surface area contributed by atoms with Crippen LogP contribution in [0, 0.1) is 0 Å². The molecule has 1 aromatic carbocycles. The second-order valence-corrected chi connectivity index (χ2v) is 14.5. The molecule has 5 N–H and O–H groups in total. The van der Waals surface area contributed by atoms with E-state index < -0.39 is 50.3 Å². The fourth-order valence-electron chi connectivity index (χ4n) is 5.36. The first-order chi connectivity index (χ1) is 20.7. The van der Waals surface area contributed by atoms with Crippen molar-refractivity contribution in [1.29, 1.82) is 0 Å². The smallest absolute Gasteiger partial charge is 0.459 e. The average Bonchev–Trinajstić information content (AvgIpc) is 3.46. The average molecular weight is 632 g/mol. The molecule has 240 valence electrons. The number of carbonyl (C=O) groups excluding carboxylic acids is 1. The summed E-state index contributed by atoms with van der Waals surface area (Å²) in [6.07, 6.45) is -0.0116. The van der Waals surface area contributed by atoms with Crippen LogP contribution in [0.3, 0.4) is 0 Å². The zero-order valence-electron chi connectivity index (χ0n) is 25.7. The molecule has 1 aliphatic heterocycles. The fourth-order valence-corrected chi connectivity index (χ4v) is 6.91. The van der Waals surface area contributed by atoms with Crippen LogP contribution in [-0.2, 0) is 34.4 Å². The molecule has 2 fully saturated rings. The van der Waals surface area contributed by atoms with Gasteiger partial charge in [-0.25, -0.2) is 19.2 Å². The largest absolute Gasteiger partial charge is 0.462 e. The van der Waals surface area contributed by atoms with Gasteiger partial charge in [0.25, 0.3) is 0 Å². The van der Waals surface area contributed by atoms with Crippen molar-refractivity contribution in [2.24, 2.45) is 0 Å². The molecule has 3 heterocycles. The highest BCUT2D eigenvalue weighted by Gasteiger charge is 2.54. The molecule has 6 atom stereocenters. The summed E-state index contributed by atoms with van der Waals surface area (Å²) in [5.41, 5.74) is 6.46. The van der Waals surface area contributed by atoms with E-state index in [0.717, 1.165) is 24.8 Å². The maximum atomic E-state index is 14.2. The lowest BCUT2D eigenvalue weighted by atomic mass is 9.87. The summed E-state index contributed by atoms with van der Waals surface area (Å²) in [5, 5.41) is 29.1. The summed E-state index contributed by atoms with van der Waals surface area (Å²) < 4.78 is 39.0. The van der Waals surface area contributed by atoms with Gasteiger partial charge in [-0.2, -0.15) is 5.10 Å². The number of nitrogens with zero attached hydrogens (tertiary/aromatic N) is 3. The highest BCUT2D eigenvalue weighted by atomic mass is 31.2. The van der Waals surface area contributed by atoms with Crippen molar-refractivity contribution >= 4 is 25.1 Å². The van der Waals surface area contributed by atoms with Gasteiger partial charge in [-0.3, -0.25) is 9.32 Å². The first-order valence-electron chi connectivity index (χ1n) is 14.8. The molecule has 1 saturated heterocycles. The van der Waals surface area contributed by atoms with Crippen LogP contribution in [0.5, 0.6) is 5.75 Å². The third-order valence-corrected chi connectivity index (χ3v) is 9.91. The Morgan fingerprint density at radius 1 is 1.23 bits per heavy atom. The molecule has 1 unspecified atom stereocenters. The number of aliphatic hydroxyl groups is 2. The number of nitrogen functional groups attached to an aromatic ring is 1. The number of nitrogens with one attached hydrogen (secondary N) is 1. The van der Waals surface area contributed by atoms with Gasteiger partial charge in [0.2, 0.25) is 0 Å². The summed E-state index contributed by atoms with van der Waals surface area (Å²) in [6.45, 7) is 9.13. The van der Waals surface area contributed by atoms with Crippen LogP contribution in [-0.4, -0.2) is 67.8 Å². The van der Waals surface area contributed by atoms with Crippen molar-refractivity contribution in [2.75, 3.05) is 12.3 Å². The first-order valence-corrected chi connectivity index (χ1v) is 16.4. The van der Waals surface area contributed by atoms with Crippen molar-refractivity contribution in [2.45, 2.75) is 102 Å². The monoisotopic (exact) mass is 631 g/mol. The number of nitrogens with two attached hydrogens (primary N) is 1. The normalized spacial score (nSPS) is 26.2. The molecule has 1 aliphatic carbocycles. The molecule has 3 aromatic rings. The molecule has 0 spiro atoms. The number of anilines is 1. The summed E-state index contributed by atoms with van der Waals surface area (Å²) in [6, 6.07) is 9.88. The summed E-state index contributed by atoms with van der Waals surface area (Å²) in [7, 11) is -4.16. The van der Waals surface area contributed by atoms with Gasteiger partial charge in [-0.15, -0.1) is 0 Å². The number of benzene rings is 1. The molecule has 44 heavy (non-hydrogen) atoms. The van der Waals surface area contributed by atoms with E-state index in [4.69, 9.17) is 24.3 Å². The van der Waals surface area contributed by atoms with Crippen LogP contribution in [0.15, 0.2) is 42.7 Å². The zero-order valence-corrected chi connectivity index (χ0v) is 26.6. The van der Waals surface area contributed by atoms with E-state index in [1.807, 2.05) is 12.1 Å². The first kappa shape index (κ1) is 32.3. The zero-order chi connectivity index (χ0) is 31.9. The van der Waals surface area contributed by atoms with Crippen LogP contribution >= 0.6 is 7.75 Å². The van der Waals surface area contributed by atoms with Crippen molar-refractivity contribution in [1.82, 2.24) is 19.7 Å². The number of aromatic nitrogens is 3. The van der Waals surface area contributed by atoms with E-state index in [-0.39, 0.29) is 29.5 Å². The van der Waals surface area contributed by atoms with Gasteiger partial charge < -0.3 is 29.9 Å². The molecular weight excluding hydrogens is 589 g/mol. The second-order valence-electron chi connectivity index (χ2n) is 12.8. The van der Waals surface area contributed by atoms with E-state index >= 15 is 0 Å². The number of carbonyl (C=O) groups is 1. The van der Waals surface area contributed by atoms with E-state index in [0.29, 0.717) is 11.2 Å². The topological polar surface area (TPSA) is 180 Å². The van der Waals surface area contributed by atoms with Gasteiger partial charge in [0, 0.05) is 6.04 Å². The van der Waals surface area contributed by atoms with Gasteiger partial charge in [0.1, 0.15) is 47.6 Å². The van der Waals surface area contributed by atoms with Crippen LogP contribution in [0.1, 0.15) is 71.6 Å². The Labute approximate surface area is 256 Å². The standard InChI is InChI=1S/C30H42N5O8P/c1-18(15-25(36)41-20-7-6-8-20)34-44(39,43-21-11-9-19(10-12-21)29(2,3)4)40-16-23-26(37)27(38)30(5,42-23)24-14-13-22-28(31)32-17-33-35(22)24/h9-14,17-18,20,23,26-27,37-38H,6-8,15-16H2,1-5H3,(H,34,39)(H2,31,32,33)/t18-,23+,26+,27+,30-,44?/m0/s1. The van der Waals surface area contributed by atoms with Crippen LogP contribution < -0.4 is 15.3 Å². The fraction of sp³-hybridized carbons (Fsp3) is 0.567. The summed E-state index contributed by atoms with van der Waals surface area (Å²) in [4.78, 5) is 16.4. The van der Waals surface area contributed by atoms with Crippen molar-refractivity contribution in [3.8, 4) is 5.75 Å². The second kappa shape index (κ2) is 12.4. The van der Waals surface area contributed by atoms with E-state index in [1.165, 1.54) is 10.8 Å². The molecule has 1 saturated carbocycles. The molecule has 5 rings (SSSR count). The number of hydrogen-bond acceptors (Lipinski definition) is 11. The maximum Gasteiger partial charge on any atom is 0.459 e. The lowest BCUT2D eigenvalue weighted by Crippen LogP contribution is -2.39. The lowest BCUT2D eigenvalue weighted by molar-refractivity contribution is -0.153. The molecule has 14 heteroatoms. The Hall–Kier alpha value is -3.06. The highest BCUT2D eigenvalue weighted by Crippen LogP contribution is 2.47. The molecular formula is C30H42N5O8P. The van der Waals surface area contributed by atoms with Crippen molar-refractivity contribution in [3.05, 3.63) is 54.0 Å². The maximum absolute atomic E-state index is 14.2. The van der Waals surface area contributed by atoms with Crippen LogP contribution in [0.2, 0.25) is 0 Å². The minimum Gasteiger partial charge on any atom is -0.462 e. The van der Waals surface area contributed by atoms with Gasteiger partial charge in [-0.05, 0) is 68.4 Å². The third-order valence-electron chi connectivity index (χ3n) is 8.21. The minimum atomic E-state index is -4.16. The van der Waals surface area contributed by atoms with Crippen LogP contribution in [0.25, 0.3) is 5.52 Å². The molecule has 13 nitrogen and oxygen atoms in total. The highest BCUT2D eigenvalue weighted by molar-refractivity contribution is 7.52. The number of aliphatic hydroxyl groups excluding tert-OH is 2. The SMILES string of the molecule is C[C@@H](CC(=O)OC1CCC1)NP(=O)(OC[C@H]1O[C@@](C)(c2ccc3c(N)ncnn23)[C@H](O)[C@@H]1O)Oc1ccc(C(C)(C)C)cc1. The molecule has 0 radical (unpaired) electrons. The van der Waals surface area contributed by atoms with E-state index in [9.17, 15) is 19.6 Å². The molecule has 2 aliphatic rings. The quantitative estimate of drug-likeness (QED) is 0.179. The van der Waals surface area contributed by atoms with Gasteiger partial charge in [-0.1, -0.05) is 32.9 Å². The minimum absolute atomic E-state index is 0.0538. The van der Waals surface area contributed by atoms with E-state index in [1.54, 1.807) is 38.1 Å². The number of ether oxygens (including phenoxy) is 2. The molecule has 0 bridgehead atoms. The Balaban J connectivity index is 1.32. The van der Waals surface area contributed by atoms with Gasteiger partial charge >= 0.3 is 13.7 Å². The Bertz CT molecular complexity index is 1520. The third kappa shape index (κ3) is 6.78. The van der Waals surface area contributed by atoms with Crippen molar-refractivity contribution in [3.63, 3.8) is 0 Å². The molecule has 0 amide bonds. The number of rotatable bonds is 11. The van der Waals surface area contributed by atoms with Gasteiger partial charge in [0.15, 0.2) is 5.82 Å². The van der Waals surface area contributed by atoms with E-state index in [2.05, 4.69) is 35.9 Å².